The largest absolute Gasteiger partial charge is 0.449 e. The summed E-state index contributed by atoms with van der Waals surface area (Å²) < 4.78 is 51.1. The molecule has 0 radical (unpaired) electrons. The highest BCUT2D eigenvalue weighted by atomic mass is 19.4. The molecular formula is C13H19F3N6O4. The highest BCUT2D eigenvalue weighted by Gasteiger charge is 2.42. The molecule has 26 heavy (non-hydrogen) atoms. The first kappa shape index (κ1) is 19.9. The zero-order valence-electron chi connectivity index (χ0n) is 14.2. The summed E-state index contributed by atoms with van der Waals surface area (Å²) in [5, 5.41) is 15.7. The van der Waals surface area contributed by atoms with Gasteiger partial charge in [-0.25, -0.2) is 15.1 Å². The van der Waals surface area contributed by atoms with Crippen molar-refractivity contribution in [3.63, 3.8) is 0 Å². The summed E-state index contributed by atoms with van der Waals surface area (Å²) in [5.41, 5.74) is 0. The minimum atomic E-state index is -4.66. The molecule has 13 heteroatoms. The van der Waals surface area contributed by atoms with E-state index in [0.717, 1.165) is 17.0 Å². The minimum absolute atomic E-state index is 0.0518. The van der Waals surface area contributed by atoms with Crippen LogP contribution in [0.15, 0.2) is 17.5 Å². The highest BCUT2D eigenvalue weighted by molar-refractivity contribution is 5.80. The van der Waals surface area contributed by atoms with Gasteiger partial charge >= 0.3 is 6.18 Å². The Morgan fingerprint density at radius 3 is 2.62 bits per heavy atom. The average Bonchev–Trinajstić information content (AvgIpc) is 2.99. The quantitative estimate of drug-likeness (QED) is 0.428. The Labute approximate surface area is 146 Å². The molecule has 0 amide bonds. The molecule has 2 rings (SSSR count). The average molecular weight is 380 g/mol. The van der Waals surface area contributed by atoms with Crippen molar-refractivity contribution in [3.05, 3.63) is 28.3 Å². The van der Waals surface area contributed by atoms with Crippen molar-refractivity contribution in [3.8, 4) is 0 Å². The van der Waals surface area contributed by atoms with E-state index in [2.05, 4.69) is 15.4 Å². The number of imidazole rings is 1. The summed E-state index contributed by atoms with van der Waals surface area (Å²) in [7, 11) is 0. The van der Waals surface area contributed by atoms with Crippen molar-refractivity contribution in [1.29, 1.82) is 0 Å². The maximum atomic E-state index is 13.0. The molecule has 1 saturated heterocycles. The van der Waals surface area contributed by atoms with Crippen molar-refractivity contribution in [2.45, 2.75) is 32.5 Å². The fraction of sp³-hybridized carbons (Fsp3) is 0.692. The summed E-state index contributed by atoms with van der Waals surface area (Å²) in [5.74, 6) is -2.48. The monoisotopic (exact) mass is 380 g/mol. The Balaban J connectivity index is 2.32. The molecule has 1 fully saturated rings. The van der Waals surface area contributed by atoms with E-state index in [1.807, 2.05) is 0 Å². The van der Waals surface area contributed by atoms with Crippen LogP contribution in [0.4, 0.5) is 13.2 Å². The fourth-order valence-corrected chi connectivity index (χ4v) is 2.66. The molecule has 0 saturated carbocycles. The summed E-state index contributed by atoms with van der Waals surface area (Å²) in [6.07, 6.45) is -2.53. The normalized spacial score (nSPS) is 18.8. The van der Waals surface area contributed by atoms with Gasteiger partial charge in [-0.3, -0.25) is 0 Å². The molecule has 146 valence electrons. The minimum Gasteiger partial charge on any atom is -0.347 e. The molecule has 0 unspecified atom stereocenters. The first-order chi connectivity index (χ1) is 12.2. The van der Waals surface area contributed by atoms with Gasteiger partial charge in [0, 0.05) is 25.6 Å². The number of alkyl halides is 3. The van der Waals surface area contributed by atoms with Crippen LogP contribution in [-0.4, -0.2) is 57.5 Å². The maximum Gasteiger partial charge on any atom is 0.449 e. The lowest BCUT2D eigenvalue weighted by molar-refractivity contribution is -0.486. The van der Waals surface area contributed by atoms with E-state index >= 15 is 0 Å². The number of ether oxygens (including phenoxy) is 2. The number of hydrogen-bond acceptors (Lipinski definition) is 5. The molecule has 2 heterocycles. The number of aromatic nitrogens is 2. The van der Waals surface area contributed by atoms with Gasteiger partial charge in [-0.05, 0) is 13.8 Å². The number of hydrazone groups is 1. The molecule has 1 aliphatic rings. The molecule has 0 bridgehead atoms. The Kier molecular flexibility index (Phi) is 6.02. The van der Waals surface area contributed by atoms with Gasteiger partial charge in [-0.15, -0.1) is 0 Å². The molecule has 0 atom stereocenters. The van der Waals surface area contributed by atoms with Crippen LogP contribution in [0.2, 0.25) is 0 Å². The summed E-state index contributed by atoms with van der Waals surface area (Å²) in [6.45, 7) is 3.69. The second-order valence-corrected chi connectivity index (χ2v) is 5.35. The van der Waals surface area contributed by atoms with Crippen molar-refractivity contribution in [2.24, 2.45) is 5.10 Å². The lowest BCUT2D eigenvalue weighted by Crippen LogP contribution is -2.63. The third kappa shape index (κ3) is 4.60. The molecule has 1 N–H and O–H groups in total. The molecule has 1 aliphatic heterocycles. The van der Waals surface area contributed by atoms with Gasteiger partial charge < -0.3 is 24.3 Å². The summed E-state index contributed by atoms with van der Waals surface area (Å²) >= 11 is 0. The lowest BCUT2D eigenvalue weighted by atomic mass is 10.2. The number of rotatable bonds is 7. The second kappa shape index (κ2) is 7.86. The van der Waals surface area contributed by atoms with Crippen LogP contribution in [0, 0.1) is 10.1 Å². The van der Waals surface area contributed by atoms with E-state index in [1.54, 1.807) is 13.8 Å². The third-order valence-electron chi connectivity index (χ3n) is 3.53. The number of halogens is 3. The molecule has 0 spiro atoms. The first-order valence-corrected chi connectivity index (χ1v) is 7.79. The van der Waals surface area contributed by atoms with Gasteiger partial charge in [-0.2, -0.15) is 13.2 Å². The van der Waals surface area contributed by atoms with Crippen LogP contribution in [0.1, 0.15) is 19.7 Å². The lowest BCUT2D eigenvalue weighted by Gasteiger charge is -2.42. The Morgan fingerprint density at radius 1 is 1.42 bits per heavy atom. The topological polar surface area (TPSA) is 107 Å². The molecule has 0 aliphatic carbocycles. The zero-order chi connectivity index (χ0) is 19.4. The SMILES string of the molecule is CCOC1(OCC)CN/C(=N\[N+](=O)[O-])N(Cn2ccnc2C(F)(F)F)C1. The van der Waals surface area contributed by atoms with E-state index in [1.165, 1.54) is 4.90 Å². The van der Waals surface area contributed by atoms with E-state index in [0.29, 0.717) is 0 Å². The number of nitrogens with one attached hydrogen (secondary N) is 1. The molecule has 10 nitrogen and oxygen atoms in total. The van der Waals surface area contributed by atoms with Gasteiger partial charge in [0.2, 0.25) is 11.6 Å². The number of guanidine groups is 1. The van der Waals surface area contributed by atoms with Crippen molar-refractivity contribution >= 4 is 5.96 Å². The predicted octanol–water partition coefficient (Wildman–Crippen LogP) is 1.08. The Bertz CT molecular complexity index is 657. The molecule has 1 aromatic rings. The van der Waals surface area contributed by atoms with Crippen LogP contribution < -0.4 is 5.32 Å². The van der Waals surface area contributed by atoms with Gasteiger partial charge in [0.1, 0.15) is 5.10 Å². The molecular weight excluding hydrogens is 361 g/mol. The zero-order valence-corrected chi connectivity index (χ0v) is 14.2. The van der Waals surface area contributed by atoms with Gasteiger partial charge in [0.05, 0.1) is 19.8 Å². The van der Waals surface area contributed by atoms with Gasteiger partial charge in [0.15, 0.2) is 5.03 Å². The highest BCUT2D eigenvalue weighted by Crippen LogP contribution is 2.28. The first-order valence-electron chi connectivity index (χ1n) is 7.79. The Hall–Kier alpha value is -2.41. The second-order valence-electron chi connectivity index (χ2n) is 5.35. The van der Waals surface area contributed by atoms with Crippen LogP contribution in [-0.2, 0) is 22.3 Å². The van der Waals surface area contributed by atoms with E-state index in [9.17, 15) is 23.3 Å². The van der Waals surface area contributed by atoms with Crippen molar-refractivity contribution in [1.82, 2.24) is 19.8 Å². The van der Waals surface area contributed by atoms with Gasteiger partial charge in [-0.1, -0.05) is 0 Å². The van der Waals surface area contributed by atoms with Crippen LogP contribution in [0.25, 0.3) is 0 Å². The van der Waals surface area contributed by atoms with Gasteiger partial charge in [0.25, 0.3) is 5.96 Å². The molecule has 1 aromatic heterocycles. The smallest absolute Gasteiger partial charge is 0.347 e. The summed E-state index contributed by atoms with van der Waals surface area (Å²) in [6, 6.07) is 0. The number of hydrogen-bond donors (Lipinski definition) is 1. The van der Waals surface area contributed by atoms with Crippen LogP contribution in [0.3, 0.4) is 0 Å². The third-order valence-corrected chi connectivity index (χ3v) is 3.53. The fourth-order valence-electron chi connectivity index (χ4n) is 2.66. The van der Waals surface area contributed by atoms with Crippen molar-refractivity contribution in [2.75, 3.05) is 26.3 Å². The summed E-state index contributed by atoms with van der Waals surface area (Å²) in [4.78, 5) is 15.3. The van der Waals surface area contributed by atoms with E-state index in [4.69, 9.17) is 9.47 Å². The number of nitrogens with zero attached hydrogens (tertiary/aromatic N) is 5. The van der Waals surface area contributed by atoms with Crippen LogP contribution >= 0.6 is 0 Å². The van der Waals surface area contributed by atoms with E-state index < -0.39 is 22.8 Å². The Morgan fingerprint density at radius 2 is 2.08 bits per heavy atom. The van der Waals surface area contributed by atoms with Crippen molar-refractivity contribution < 1.29 is 27.7 Å². The number of nitro groups is 1. The maximum absolute atomic E-state index is 13.0. The predicted molar refractivity (Wildman–Crippen MR) is 82.4 cm³/mol. The van der Waals surface area contributed by atoms with Crippen LogP contribution in [0.5, 0.6) is 0 Å². The van der Waals surface area contributed by atoms with E-state index in [-0.39, 0.29) is 38.9 Å². The molecule has 0 aromatic carbocycles. The standard InChI is InChI=1S/C13H19F3N6O4/c1-3-25-12(26-4-2)7-18-11(19-22(23)24)21(8-12)9-20-6-5-17-10(20)13(14,15)16/h5-6H,3-4,7-9H2,1-2H3,(H,18,19).